The van der Waals surface area contributed by atoms with E-state index < -0.39 is 33.7 Å². The fourth-order valence-electron chi connectivity index (χ4n) is 1.52. The second-order valence-electron chi connectivity index (χ2n) is 4.05. The molecule has 1 rings (SSSR count). The molecule has 0 aliphatic rings. The van der Waals surface area contributed by atoms with Crippen LogP contribution in [0.25, 0.3) is 0 Å². The van der Waals surface area contributed by atoms with E-state index >= 15 is 0 Å². The topological polar surface area (TPSA) is 72.2 Å². The van der Waals surface area contributed by atoms with Crippen molar-refractivity contribution in [2.24, 2.45) is 0 Å². The Hall–Kier alpha value is -1.70. The molecular formula is C12H14F2N2O3S. The van der Waals surface area contributed by atoms with E-state index in [2.05, 4.69) is 5.32 Å². The Balaban J connectivity index is 2.98. The van der Waals surface area contributed by atoms with E-state index in [-0.39, 0.29) is 6.04 Å². The van der Waals surface area contributed by atoms with Gasteiger partial charge in [0.15, 0.2) is 0 Å². The lowest BCUT2D eigenvalue weighted by molar-refractivity contribution is -0.387. The van der Waals surface area contributed by atoms with E-state index in [1.54, 1.807) is 18.7 Å². The molecule has 5 nitrogen and oxygen atoms in total. The third-order valence-electron chi connectivity index (χ3n) is 2.44. The monoisotopic (exact) mass is 304 g/mol. The van der Waals surface area contributed by atoms with E-state index in [4.69, 9.17) is 0 Å². The van der Waals surface area contributed by atoms with Crippen LogP contribution in [0.1, 0.15) is 24.2 Å². The first kappa shape index (κ1) is 16.4. The van der Waals surface area contributed by atoms with Gasteiger partial charge >= 0.3 is 5.69 Å². The number of halogens is 2. The zero-order valence-electron chi connectivity index (χ0n) is 11.0. The first-order valence-electron chi connectivity index (χ1n) is 5.89. The molecule has 8 heteroatoms. The van der Waals surface area contributed by atoms with Crippen LogP contribution in [-0.2, 0) is 0 Å². The van der Waals surface area contributed by atoms with Crippen LogP contribution in [0.5, 0.6) is 0 Å². The number of amides is 1. The van der Waals surface area contributed by atoms with Crippen molar-refractivity contribution in [3.05, 3.63) is 39.4 Å². The van der Waals surface area contributed by atoms with Gasteiger partial charge in [0, 0.05) is 17.9 Å². The van der Waals surface area contributed by atoms with E-state index in [1.165, 1.54) is 0 Å². The third-order valence-corrected chi connectivity index (χ3v) is 3.59. The number of rotatable bonds is 6. The number of nitro groups is 1. The Morgan fingerprint density at radius 2 is 2.15 bits per heavy atom. The molecule has 0 aliphatic carbocycles. The maximum atomic E-state index is 13.8. The van der Waals surface area contributed by atoms with Crippen LogP contribution in [0.2, 0.25) is 0 Å². The number of carbonyl (C=O) groups excluding carboxylic acids is 1. The minimum Gasteiger partial charge on any atom is -0.349 e. The molecule has 1 unspecified atom stereocenters. The Kier molecular flexibility index (Phi) is 5.87. The Morgan fingerprint density at radius 1 is 1.50 bits per heavy atom. The van der Waals surface area contributed by atoms with Crippen LogP contribution < -0.4 is 5.32 Å². The summed E-state index contributed by atoms with van der Waals surface area (Å²) in [5.41, 5.74) is -1.85. The number of nitro benzene ring substituents is 1. The number of benzene rings is 1. The molecule has 1 amide bonds. The molecule has 0 heterocycles. The molecule has 1 atom stereocenters. The smallest absolute Gasteiger partial charge is 0.305 e. The number of nitrogens with one attached hydrogen (secondary N) is 1. The predicted octanol–water partition coefficient (Wildman–Crippen LogP) is 2.74. The van der Waals surface area contributed by atoms with Gasteiger partial charge in [-0.05, 0) is 18.7 Å². The molecule has 0 saturated carbocycles. The van der Waals surface area contributed by atoms with Gasteiger partial charge < -0.3 is 5.32 Å². The van der Waals surface area contributed by atoms with Crippen molar-refractivity contribution in [3.8, 4) is 0 Å². The van der Waals surface area contributed by atoms with Crippen molar-refractivity contribution in [2.45, 2.75) is 19.9 Å². The largest absolute Gasteiger partial charge is 0.349 e. The number of carbonyl (C=O) groups is 1. The second-order valence-corrected chi connectivity index (χ2v) is 5.37. The van der Waals surface area contributed by atoms with Crippen molar-refractivity contribution >= 4 is 23.4 Å². The molecule has 1 aromatic carbocycles. The normalized spacial score (nSPS) is 12.0. The standard InChI is InChI=1S/C12H14F2N2O3S/c1-3-20-6-7(2)15-12(17)10-8(13)4-5-9(11(10)14)16(18)19/h4-5,7H,3,6H2,1-2H3,(H,15,17). The zero-order valence-corrected chi connectivity index (χ0v) is 11.8. The summed E-state index contributed by atoms with van der Waals surface area (Å²) < 4.78 is 27.3. The number of hydrogen-bond acceptors (Lipinski definition) is 4. The molecule has 0 radical (unpaired) electrons. The summed E-state index contributed by atoms with van der Waals surface area (Å²) in [7, 11) is 0. The first-order valence-corrected chi connectivity index (χ1v) is 7.04. The SMILES string of the molecule is CCSCC(C)NC(=O)c1c(F)ccc([N+](=O)[O-])c1F. The molecule has 20 heavy (non-hydrogen) atoms. The lowest BCUT2D eigenvalue weighted by Crippen LogP contribution is -2.35. The second kappa shape index (κ2) is 7.18. The van der Waals surface area contributed by atoms with Gasteiger partial charge in [-0.1, -0.05) is 6.92 Å². The summed E-state index contributed by atoms with van der Waals surface area (Å²) in [6, 6.07) is 1.10. The molecule has 0 saturated heterocycles. The summed E-state index contributed by atoms with van der Waals surface area (Å²) in [5, 5.41) is 13.0. The molecule has 0 fully saturated rings. The number of thioether (sulfide) groups is 1. The van der Waals surface area contributed by atoms with Crippen LogP contribution in [0.4, 0.5) is 14.5 Å². The van der Waals surface area contributed by atoms with Gasteiger partial charge in [0.25, 0.3) is 5.91 Å². The summed E-state index contributed by atoms with van der Waals surface area (Å²) in [5.74, 6) is -2.14. The van der Waals surface area contributed by atoms with Gasteiger partial charge in [0.05, 0.1) is 4.92 Å². The zero-order chi connectivity index (χ0) is 15.3. The van der Waals surface area contributed by atoms with E-state index in [0.29, 0.717) is 17.9 Å². The van der Waals surface area contributed by atoms with Crippen LogP contribution in [0.15, 0.2) is 12.1 Å². The van der Waals surface area contributed by atoms with Crippen molar-refractivity contribution in [1.29, 1.82) is 0 Å². The predicted molar refractivity (Wildman–Crippen MR) is 72.9 cm³/mol. The molecule has 1 N–H and O–H groups in total. The first-order chi connectivity index (χ1) is 9.38. The van der Waals surface area contributed by atoms with Crippen LogP contribution >= 0.6 is 11.8 Å². The Labute approximate surface area is 118 Å². The summed E-state index contributed by atoms with van der Waals surface area (Å²) >= 11 is 1.56. The average Bonchev–Trinajstić information content (AvgIpc) is 2.35. The van der Waals surface area contributed by atoms with Crippen molar-refractivity contribution in [2.75, 3.05) is 11.5 Å². The number of nitrogens with zero attached hydrogens (tertiary/aromatic N) is 1. The lowest BCUT2D eigenvalue weighted by Gasteiger charge is -2.13. The van der Waals surface area contributed by atoms with Gasteiger partial charge in [-0.25, -0.2) is 4.39 Å². The van der Waals surface area contributed by atoms with Crippen molar-refractivity contribution < 1.29 is 18.5 Å². The third kappa shape index (κ3) is 3.89. The summed E-state index contributed by atoms with van der Waals surface area (Å²) in [6.45, 7) is 3.63. The van der Waals surface area contributed by atoms with Crippen molar-refractivity contribution in [1.82, 2.24) is 5.32 Å². The van der Waals surface area contributed by atoms with Crippen LogP contribution in [0, 0.1) is 21.7 Å². The molecule has 0 aromatic heterocycles. The fraction of sp³-hybridized carbons (Fsp3) is 0.417. The van der Waals surface area contributed by atoms with Crippen molar-refractivity contribution in [3.63, 3.8) is 0 Å². The Morgan fingerprint density at radius 3 is 2.70 bits per heavy atom. The van der Waals surface area contributed by atoms with Gasteiger partial charge in [-0.3, -0.25) is 14.9 Å². The van der Waals surface area contributed by atoms with Gasteiger partial charge in [0.2, 0.25) is 5.82 Å². The fourth-order valence-corrected chi connectivity index (χ4v) is 2.20. The highest BCUT2D eigenvalue weighted by Crippen LogP contribution is 2.23. The minimum atomic E-state index is -1.46. The van der Waals surface area contributed by atoms with Crippen LogP contribution in [-0.4, -0.2) is 28.4 Å². The van der Waals surface area contributed by atoms with E-state index in [1.807, 2.05) is 6.92 Å². The molecule has 0 spiro atoms. The van der Waals surface area contributed by atoms with Gasteiger partial charge in [0.1, 0.15) is 11.4 Å². The molecule has 110 valence electrons. The maximum Gasteiger partial charge on any atom is 0.305 e. The minimum absolute atomic E-state index is 0.300. The maximum absolute atomic E-state index is 13.8. The highest BCUT2D eigenvalue weighted by atomic mass is 32.2. The summed E-state index contributed by atoms with van der Waals surface area (Å²) in [6.07, 6.45) is 0. The molecule has 0 bridgehead atoms. The molecule has 1 aromatic rings. The van der Waals surface area contributed by atoms with Gasteiger partial charge in [-0.15, -0.1) is 0 Å². The summed E-state index contributed by atoms with van der Waals surface area (Å²) in [4.78, 5) is 21.4. The number of hydrogen-bond donors (Lipinski definition) is 1. The average molecular weight is 304 g/mol. The Bertz CT molecular complexity index is 526. The van der Waals surface area contributed by atoms with E-state index in [9.17, 15) is 23.7 Å². The van der Waals surface area contributed by atoms with Crippen LogP contribution in [0.3, 0.4) is 0 Å². The lowest BCUT2D eigenvalue weighted by atomic mass is 10.1. The highest BCUT2D eigenvalue weighted by molar-refractivity contribution is 7.99. The molecule has 0 aliphatic heterocycles. The molecular weight excluding hydrogens is 290 g/mol. The highest BCUT2D eigenvalue weighted by Gasteiger charge is 2.26. The van der Waals surface area contributed by atoms with E-state index in [0.717, 1.165) is 5.75 Å². The quantitative estimate of drug-likeness (QED) is 0.648. The van der Waals surface area contributed by atoms with Gasteiger partial charge in [-0.2, -0.15) is 16.2 Å².